The van der Waals surface area contributed by atoms with Crippen LogP contribution in [0, 0.1) is 5.82 Å². The number of hydrogen-bond acceptors (Lipinski definition) is 3. The minimum absolute atomic E-state index is 0. The second kappa shape index (κ2) is 7.32. The molecule has 3 N–H and O–H groups in total. The molecule has 0 saturated carbocycles. The van der Waals surface area contributed by atoms with Crippen molar-refractivity contribution >= 4 is 18.3 Å². The van der Waals surface area contributed by atoms with Gasteiger partial charge in [0.1, 0.15) is 5.82 Å². The van der Waals surface area contributed by atoms with Crippen LogP contribution in [0.15, 0.2) is 24.3 Å². The molecular formula is C17H22ClFN4O. The number of carbonyl (C=O) groups is 1. The van der Waals surface area contributed by atoms with E-state index in [0.29, 0.717) is 18.8 Å². The third kappa shape index (κ3) is 3.76. The second-order valence-corrected chi connectivity index (χ2v) is 6.53. The average molecular weight is 353 g/mol. The molecule has 24 heavy (non-hydrogen) atoms. The third-order valence-corrected chi connectivity index (χ3v) is 4.32. The lowest BCUT2D eigenvalue weighted by atomic mass is 9.84. The number of halogens is 2. The van der Waals surface area contributed by atoms with E-state index < -0.39 is 0 Å². The number of nitrogens with zero attached hydrogens (tertiary/aromatic N) is 1. The topological polar surface area (TPSA) is 69.8 Å². The maximum Gasteiger partial charge on any atom is 0.272 e. The third-order valence-electron chi connectivity index (χ3n) is 4.32. The van der Waals surface area contributed by atoms with Gasteiger partial charge in [-0.1, -0.05) is 26.0 Å². The van der Waals surface area contributed by atoms with E-state index in [0.717, 1.165) is 29.8 Å². The van der Waals surface area contributed by atoms with Crippen molar-refractivity contribution in [3.05, 3.63) is 52.6 Å². The summed E-state index contributed by atoms with van der Waals surface area (Å²) in [5, 5.41) is 13.3. The van der Waals surface area contributed by atoms with Gasteiger partial charge >= 0.3 is 0 Å². The van der Waals surface area contributed by atoms with Gasteiger partial charge in [-0.25, -0.2) is 4.39 Å². The summed E-state index contributed by atoms with van der Waals surface area (Å²) in [6, 6.07) is 6.48. The predicted octanol–water partition coefficient (Wildman–Crippen LogP) is 2.32. The Balaban J connectivity index is 0.00000208. The smallest absolute Gasteiger partial charge is 0.272 e. The van der Waals surface area contributed by atoms with E-state index in [1.54, 1.807) is 6.07 Å². The second-order valence-electron chi connectivity index (χ2n) is 6.53. The van der Waals surface area contributed by atoms with E-state index in [-0.39, 0.29) is 29.5 Å². The monoisotopic (exact) mass is 352 g/mol. The molecule has 0 unspecified atom stereocenters. The zero-order chi connectivity index (χ0) is 16.4. The van der Waals surface area contributed by atoms with Crippen LogP contribution in [0.1, 0.15) is 41.2 Å². The Morgan fingerprint density at radius 3 is 2.96 bits per heavy atom. The van der Waals surface area contributed by atoms with E-state index >= 15 is 0 Å². The van der Waals surface area contributed by atoms with E-state index in [4.69, 9.17) is 0 Å². The molecule has 0 atom stereocenters. The lowest BCUT2D eigenvalue weighted by Gasteiger charge is -2.25. The molecule has 0 saturated heterocycles. The molecule has 1 aromatic heterocycles. The van der Waals surface area contributed by atoms with Crippen LogP contribution in [0.4, 0.5) is 4.39 Å². The standard InChI is InChI=1S/C17H21FN4O.ClH/c1-17(2,11-4-3-5-12(18)8-11)10-20-16(23)15-13-9-19-7-6-14(13)21-22-15;/h3-5,8,19H,6-7,9-10H2,1-2H3,(H,20,23)(H,21,22);1H. The number of nitrogens with one attached hydrogen (secondary N) is 3. The summed E-state index contributed by atoms with van der Waals surface area (Å²) >= 11 is 0. The number of aromatic nitrogens is 2. The van der Waals surface area contributed by atoms with Crippen LogP contribution in [0.3, 0.4) is 0 Å². The summed E-state index contributed by atoms with van der Waals surface area (Å²) in [7, 11) is 0. The van der Waals surface area contributed by atoms with Crippen molar-refractivity contribution in [3.63, 3.8) is 0 Å². The molecule has 1 aliphatic rings. The quantitative estimate of drug-likeness (QED) is 0.791. The molecule has 0 radical (unpaired) electrons. The zero-order valence-corrected chi connectivity index (χ0v) is 14.6. The molecular weight excluding hydrogens is 331 g/mol. The van der Waals surface area contributed by atoms with Gasteiger partial charge in [0.2, 0.25) is 0 Å². The molecule has 0 spiro atoms. The maximum absolute atomic E-state index is 13.4. The van der Waals surface area contributed by atoms with E-state index in [2.05, 4.69) is 20.8 Å². The average Bonchev–Trinajstić information content (AvgIpc) is 2.97. The SMILES string of the molecule is CC(C)(CNC(=O)c1n[nH]c2c1CNCC2)c1cccc(F)c1.Cl. The van der Waals surface area contributed by atoms with Crippen molar-refractivity contribution in [2.75, 3.05) is 13.1 Å². The van der Waals surface area contributed by atoms with Crippen LogP contribution < -0.4 is 10.6 Å². The Morgan fingerprint density at radius 1 is 1.42 bits per heavy atom. The lowest BCUT2D eigenvalue weighted by molar-refractivity contribution is 0.0939. The van der Waals surface area contributed by atoms with Crippen molar-refractivity contribution in [2.45, 2.75) is 32.2 Å². The Labute approximate surface area is 146 Å². The normalized spacial score (nSPS) is 13.8. The number of hydrogen-bond donors (Lipinski definition) is 3. The molecule has 5 nitrogen and oxygen atoms in total. The van der Waals surface area contributed by atoms with Gasteiger partial charge in [-0.2, -0.15) is 5.10 Å². The summed E-state index contributed by atoms with van der Waals surface area (Å²) in [5.74, 6) is -0.468. The van der Waals surface area contributed by atoms with Gasteiger partial charge in [-0.15, -0.1) is 12.4 Å². The fourth-order valence-electron chi connectivity index (χ4n) is 2.81. The number of benzene rings is 1. The van der Waals surface area contributed by atoms with Crippen molar-refractivity contribution in [1.29, 1.82) is 0 Å². The van der Waals surface area contributed by atoms with Crippen molar-refractivity contribution < 1.29 is 9.18 Å². The minimum Gasteiger partial charge on any atom is -0.350 e. The van der Waals surface area contributed by atoms with Crippen molar-refractivity contribution in [2.24, 2.45) is 0 Å². The number of fused-ring (bicyclic) bond motifs is 1. The molecule has 0 fully saturated rings. The van der Waals surface area contributed by atoms with Gasteiger partial charge in [0.25, 0.3) is 5.91 Å². The molecule has 130 valence electrons. The van der Waals surface area contributed by atoms with E-state index in [1.165, 1.54) is 12.1 Å². The lowest BCUT2D eigenvalue weighted by Crippen LogP contribution is -2.37. The Morgan fingerprint density at radius 2 is 2.21 bits per heavy atom. The van der Waals surface area contributed by atoms with Crippen LogP contribution in [0.5, 0.6) is 0 Å². The van der Waals surface area contributed by atoms with Crippen LogP contribution in [-0.4, -0.2) is 29.2 Å². The largest absolute Gasteiger partial charge is 0.350 e. The fourth-order valence-corrected chi connectivity index (χ4v) is 2.81. The van der Waals surface area contributed by atoms with E-state index in [1.807, 2.05) is 19.9 Å². The summed E-state index contributed by atoms with van der Waals surface area (Å²) in [6.07, 6.45) is 0.852. The number of aromatic amines is 1. The molecule has 2 heterocycles. The number of rotatable bonds is 4. The molecule has 7 heteroatoms. The zero-order valence-electron chi connectivity index (χ0n) is 13.8. The van der Waals surface area contributed by atoms with Gasteiger partial charge in [0.05, 0.1) is 0 Å². The first-order valence-corrected chi connectivity index (χ1v) is 7.78. The van der Waals surface area contributed by atoms with E-state index in [9.17, 15) is 9.18 Å². The highest BCUT2D eigenvalue weighted by molar-refractivity contribution is 5.94. The minimum atomic E-state index is -0.369. The van der Waals surface area contributed by atoms with Gasteiger partial charge in [-0.05, 0) is 17.7 Å². The fraction of sp³-hybridized carbons (Fsp3) is 0.412. The maximum atomic E-state index is 13.4. The van der Waals surface area contributed by atoms with Gasteiger partial charge < -0.3 is 10.6 Å². The molecule has 2 aromatic rings. The van der Waals surface area contributed by atoms with Gasteiger partial charge in [0, 0.05) is 42.7 Å². The molecule has 0 aliphatic carbocycles. The molecule has 3 rings (SSSR count). The van der Waals surface area contributed by atoms with Crippen LogP contribution in [-0.2, 0) is 18.4 Å². The van der Waals surface area contributed by atoms with Crippen molar-refractivity contribution in [3.8, 4) is 0 Å². The summed E-state index contributed by atoms with van der Waals surface area (Å²) in [5.41, 5.74) is 2.90. The summed E-state index contributed by atoms with van der Waals surface area (Å²) in [6.45, 7) is 5.91. The summed E-state index contributed by atoms with van der Waals surface area (Å²) < 4.78 is 13.4. The first-order chi connectivity index (χ1) is 11.0. The number of amides is 1. The number of carbonyl (C=O) groups excluding carboxylic acids is 1. The molecule has 1 aliphatic heterocycles. The Bertz CT molecular complexity index is 729. The van der Waals surface area contributed by atoms with Gasteiger partial charge in [-0.3, -0.25) is 9.89 Å². The highest BCUT2D eigenvalue weighted by atomic mass is 35.5. The number of H-pyrrole nitrogens is 1. The summed E-state index contributed by atoms with van der Waals surface area (Å²) in [4.78, 5) is 12.4. The van der Waals surface area contributed by atoms with Crippen LogP contribution >= 0.6 is 12.4 Å². The highest BCUT2D eigenvalue weighted by Crippen LogP contribution is 2.23. The van der Waals surface area contributed by atoms with Gasteiger partial charge in [0.15, 0.2) is 5.69 Å². The Kier molecular flexibility index (Phi) is 5.62. The molecule has 0 bridgehead atoms. The first-order valence-electron chi connectivity index (χ1n) is 7.78. The van der Waals surface area contributed by atoms with Crippen LogP contribution in [0.2, 0.25) is 0 Å². The first kappa shape index (κ1) is 18.4. The highest BCUT2D eigenvalue weighted by Gasteiger charge is 2.25. The van der Waals surface area contributed by atoms with Crippen LogP contribution in [0.25, 0.3) is 0 Å². The molecule has 1 aromatic carbocycles. The molecule has 1 amide bonds. The van der Waals surface area contributed by atoms with Crippen molar-refractivity contribution in [1.82, 2.24) is 20.8 Å². The Hall–Kier alpha value is -1.92. The predicted molar refractivity (Wildman–Crippen MR) is 93.0 cm³/mol.